The molecule has 3 aromatic rings. The molecule has 0 radical (unpaired) electrons. The lowest BCUT2D eigenvalue weighted by molar-refractivity contribution is 0.0702. The summed E-state index contributed by atoms with van der Waals surface area (Å²) in [5.41, 5.74) is 1.68. The zero-order chi connectivity index (χ0) is 14.3. The van der Waals surface area contributed by atoms with Crippen molar-refractivity contribution in [2.45, 2.75) is 0 Å². The molecular formula is C14H12N2O3S. The number of hydrogen-bond acceptors (Lipinski definition) is 4. The van der Waals surface area contributed by atoms with Crippen molar-refractivity contribution in [2.24, 2.45) is 7.05 Å². The van der Waals surface area contributed by atoms with Crippen molar-refractivity contribution in [1.82, 2.24) is 9.78 Å². The molecule has 0 unspecified atom stereocenters. The number of carboxylic acids is 1. The standard InChI is InChI=1S/C14H12N2O3S/c1-16-13-10(7-11(20-13)14(17)18)12(15-16)8-4-3-5-9(6-8)19-2/h3-7H,1-2H3,(H,17,18). The third kappa shape index (κ3) is 1.94. The van der Waals surface area contributed by atoms with Crippen LogP contribution in [0, 0.1) is 0 Å². The van der Waals surface area contributed by atoms with Crippen LogP contribution in [0.2, 0.25) is 0 Å². The van der Waals surface area contributed by atoms with Gasteiger partial charge in [-0.25, -0.2) is 4.79 Å². The molecule has 102 valence electrons. The van der Waals surface area contributed by atoms with Gasteiger partial charge in [-0.05, 0) is 18.2 Å². The van der Waals surface area contributed by atoms with Crippen LogP contribution in [0.25, 0.3) is 21.5 Å². The maximum atomic E-state index is 11.1. The van der Waals surface area contributed by atoms with Crippen molar-refractivity contribution in [3.05, 3.63) is 35.2 Å². The molecule has 0 spiro atoms. The van der Waals surface area contributed by atoms with Crippen molar-refractivity contribution in [3.63, 3.8) is 0 Å². The molecule has 3 rings (SSSR count). The molecule has 0 aliphatic carbocycles. The molecule has 2 aromatic heterocycles. The Morgan fingerprint density at radius 1 is 1.40 bits per heavy atom. The highest BCUT2D eigenvalue weighted by Crippen LogP contribution is 2.34. The van der Waals surface area contributed by atoms with Gasteiger partial charge in [-0.2, -0.15) is 5.10 Å². The monoisotopic (exact) mass is 288 g/mol. The summed E-state index contributed by atoms with van der Waals surface area (Å²) >= 11 is 1.23. The van der Waals surface area contributed by atoms with E-state index in [-0.39, 0.29) is 0 Å². The molecular weight excluding hydrogens is 276 g/mol. The number of aromatic nitrogens is 2. The van der Waals surface area contributed by atoms with Crippen molar-refractivity contribution in [1.29, 1.82) is 0 Å². The Balaban J connectivity index is 2.22. The summed E-state index contributed by atoms with van der Waals surface area (Å²) in [5.74, 6) is -0.169. The molecule has 0 aliphatic heterocycles. The maximum Gasteiger partial charge on any atom is 0.345 e. The quantitative estimate of drug-likeness (QED) is 0.804. The summed E-state index contributed by atoms with van der Waals surface area (Å²) in [5, 5.41) is 14.4. The molecule has 6 heteroatoms. The van der Waals surface area contributed by atoms with Crippen LogP contribution < -0.4 is 4.74 Å². The number of hydrogen-bond donors (Lipinski definition) is 1. The molecule has 0 saturated carbocycles. The normalized spacial score (nSPS) is 10.9. The Morgan fingerprint density at radius 3 is 2.90 bits per heavy atom. The first-order valence-corrected chi connectivity index (χ1v) is 6.76. The highest BCUT2D eigenvalue weighted by atomic mass is 32.1. The van der Waals surface area contributed by atoms with Gasteiger partial charge in [0.1, 0.15) is 21.2 Å². The van der Waals surface area contributed by atoms with Crippen LogP contribution in [-0.4, -0.2) is 28.0 Å². The van der Waals surface area contributed by atoms with Gasteiger partial charge in [-0.1, -0.05) is 12.1 Å². The van der Waals surface area contributed by atoms with E-state index >= 15 is 0 Å². The summed E-state index contributed by atoms with van der Waals surface area (Å²) in [4.78, 5) is 12.3. The summed E-state index contributed by atoms with van der Waals surface area (Å²) in [6.45, 7) is 0. The second-order valence-electron chi connectivity index (χ2n) is 4.34. The molecule has 1 aromatic carbocycles. The van der Waals surface area contributed by atoms with E-state index in [4.69, 9.17) is 9.84 Å². The SMILES string of the molecule is COc1cccc(-c2nn(C)c3sc(C(=O)O)cc23)c1. The van der Waals surface area contributed by atoms with Gasteiger partial charge in [0.25, 0.3) is 0 Å². The van der Waals surface area contributed by atoms with E-state index in [1.54, 1.807) is 17.9 Å². The molecule has 0 amide bonds. The number of carboxylic acid groups (broad SMARTS) is 1. The summed E-state index contributed by atoms with van der Waals surface area (Å²) in [6.07, 6.45) is 0. The molecule has 0 saturated heterocycles. The topological polar surface area (TPSA) is 64.4 Å². The van der Waals surface area contributed by atoms with Gasteiger partial charge >= 0.3 is 5.97 Å². The first-order chi connectivity index (χ1) is 9.60. The second kappa shape index (κ2) is 4.64. The Morgan fingerprint density at radius 2 is 2.20 bits per heavy atom. The Kier molecular flexibility index (Phi) is 2.94. The number of rotatable bonds is 3. The van der Waals surface area contributed by atoms with Gasteiger partial charge in [0.15, 0.2) is 0 Å². The average Bonchev–Trinajstić information content (AvgIpc) is 3.00. The molecule has 1 N–H and O–H groups in total. The minimum absolute atomic E-state index is 0.317. The average molecular weight is 288 g/mol. The number of aromatic carboxylic acids is 1. The molecule has 20 heavy (non-hydrogen) atoms. The van der Waals surface area contributed by atoms with Crippen LogP contribution >= 0.6 is 11.3 Å². The number of ether oxygens (including phenoxy) is 1. The fourth-order valence-corrected chi connectivity index (χ4v) is 3.04. The van der Waals surface area contributed by atoms with E-state index in [0.717, 1.165) is 27.2 Å². The summed E-state index contributed by atoms with van der Waals surface area (Å²) in [7, 11) is 3.42. The molecule has 0 fully saturated rings. The summed E-state index contributed by atoms with van der Waals surface area (Å²) in [6, 6.07) is 9.24. The predicted octanol–water partition coefficient (Wildman–Crippen LogP) is 3.01. The molecule has 0 bridgehead atoms. The van der Waals surface area contributed by atoms with Gasteiger partial charge < -0.3 is 9.84 Å². The minimum Gasteiger partial charge on any atom is -0.497 e. The van der Waals surface area contributed by atoms with E-state index in [9.17, 15) is 4.79 Å². The molecule has 5 nitrogen and oxygen atoms in total. The number of aryl methyl sites for hydroxylation is 1. The van der Waals surface area contributed by atoms with E-state index < -0.39 is 5.97 Å². The highest BCUT2D eigenvalue weighted by Gasteiger charge is 2.17. The highest BCUT2D eigenvalue weighted by molar-refractivity contribution is 7.20. The lowest BCUT2D eigenvalue weighted by Crippen LogP contribution is -1.92. The lowest BCUT2D eigenvalue weighted by atomic mass is 10.1. The van der Waals surface area contributed by atoms with Crippen LogP contribution in [0.15, 0.2) is 30.3 Å². The van der Waals surface area contributed by atoms with E-state index in [1.165, 1.54) is 11.3 Å². The lowest BCUT2D eigenvalue weighted by Gasteiger charge is -2.01. The number of carbonyl (C=O) groups is 1. The van der Waals surface area contributed by atoms with Crippen LogP contribution in [0.1, 0.15) is 9.67 Å². The molecule has 0 atom stereocenters. The first kappa shape index (κ1) is 12.7. The Hall–Kier alpha value is -2.34. The fourth-order valence-electron chi connectivity index (χ4n) is 2.13. The number of thiophene rings is 1. The van der Waals surface area contributed by atoms with Crippen LogP contribution in [0.3, 0.4) is 0 Å². The Bertz CT molecular complexity index is 804. The van der Waals surface area contributed by atoms with Gasteiger partial charge in [0.05, 0.1) is 7.11 Å². The zero-order valence-electron chi connectivity index (χ0n) is 11.0. The van der Waals surface area contributed by atoms with Crippen LogP contribution in [0.5, 0.6) is 5.75 Å². The smallest absolute Gasteiger partial charge is 0.345 e. The van der Waals surface area contributed by atoms with Crippen LogP contribution in [0.4, 0.5) is 0 Å². The number of nitrogens with zero attached hydrogens (tertiary/aromatic N) is 2. The van der Waals surface area contributed by atoms with Gasteiger partial charge in [0.2, 0.25) is 0 Å². The molecule has 0 aliphatic rings. The van der Waals surface area contributed by atoms with E-state index in [0.29, 0.717) is 4.88 Å². The fraction of sp³-hybridized carbons (Fsp3) is 0.143. The van der Waals surface area contributed by atoms with Crippen molar-refractivity contribution in [3.8, 4) is 17.0 Å². The largest absolute Gasteiger partial charge is 0.497 e. The molecule has 2 heterocycles. The third-order valence-electron chi connectivity index (χ3n) is 3.07. The third-order valence-corrected chi connectivity index (χ3v) is 4.26. The number of benzene rings is 1. The predicted molar refractivity (Wildman–Crippen MR) is 77.5 cm³/mol. The van der Waals surface area contributed by atoms with Crippen molar-refractivity contribution >= 4 is 27.5 Å². The number of methoxy groups -OCH3 is 1. The van der Waals surface area contributed by atoms with Gasteiger partial charge in [0, 0.05) is 18.0 Å². The zero-order valence-corrected chi connectivity index (χ0v) is 11.8. The first-order valence-electron chi connectivity index (χ1n) is 5.94. The summed E-state index contributed by atoms with van der Waals surface area (Å²) < 4.78 is 6.92. The van der Waals surface area contributed by atoms with Crippen molar-refractivity contribution < 1.29 is 14.6 Å². The van der Waals surface area contributed by atoms with Gasteiger partial charge in [-0.15, -0.1) is 11.3 Å². The Labute approximate surface area is 119 Å². The van der Waals surface area contributed by atoms with Crippen molar-refractivity contribution in [2.75, 3.05) is 7.11 Å². The van der Waals surface area contributed by atoms with Crippen LogP contribution in [-0.2, 0) is 7.05 Å². The minimum atomic E-state index is -0.914. The second-order valence-corrected chi connectivity index (χ2v) is 5.37. The van der Waals surface area contributed by atoms with E-state index in [2.05, 4.69) is 5.10 Å². The maximum absolute atomic E-state index is 11.1. The van der Waals surface area contributed by atoms with Gasteiger partial charge in [-0.3, -0.25) is 4.68 Å². The number of fused-ring (bicyclic) bond motifs is 1. The van der Waals surface area contributed by atoms with E-state index in [1.807, 2.05) is 31.3 Å².